The van der Waals surface area contributed by atoms with Crippen LogP contribution in [0.2, 0.25) is 0 Å². The number of methoxy groups -OCH3 is 3. The predicted octanol–water partition coefficient (Wildman–Crippen LogP) is 6.18. The molecule has 3 aliphatic heterocycles. The Morgan fingerprint density at radius 3 is 2.26 bits per heavy atom. The van der Waals surface area contributed by atoms with Gasteiger partial charge in [-0.05, 0) is 107 Å². The zero-order chi connectivity index (χ0) is 48.2. The van der Waals surface area contributed by atoms with Crippen molar-refractivity contribution in [2.75, 3.05) is 27.9 Å². The lowest BCUT2D eigenvalue weighted by Crippen LogP contribution is -2.61. The van der Waals surface area contributed by atoms with Crippen LogP contribution in [-0.2, 0) is 47.7 Å². The van der Waals surface area contributed by atoms with E-state index in [9.17, 15) is 39.3 Å². The second-order valence-corrected chi connectivity index (χ2v) is 19.6. The first-order valence-corrected chi connectivity index (χ1v) is 23.9. The molecule has 2 bridgehead atoms. The number of piperidine rings is 1. The molecule has 4 aliphatic rings. The Balaban J connectivity index is 1.70. The van der Waals surface area contributed by atoms with E-state index in [4.69, 9.17) is 23.7 Å². The highest BCUT2D eigenvalue weighted by molar-refractivity contribution is 6.39. The van der Waals surface area contributed by atoms with Crippen molar-refractivity contribution in [2.24, 2.45) is 35.5 Å². The van der Waals surface area contributed by atoms with E-state index >= 15 is 0 Å². The molecule has 14 heteroatoms. The molecule has 4 rings (SSSR count). The van der Waals surface area contributed by atoms with Gasteiger partial charge in [0.25, 0.3) is 11.7 Å². The number of fused-ring (bicyclic) bond motifs is 3. The molecule has 1 saturated carbocycles. The van der Waals surface area contributed by atoms with Gasteiger partial charge in [-0.15, -0.1) is 0 Å². The van der Waals surface area contributed by atoms with Crippen LogP contribution < -0.4 is 0 Å². The van der Waals surface area contributed by atoms with Crippen LogP contribution in [0.4, 0.5) is 0 Å². The van der Waals surface area contributed by atoms with Gasteiger partial charge in [0, 0.05) is 58.5 Å². The third kappa shape index (κ3) is 14.3. The third-order valence-corrected chi connectivity index (χ3v) is 14.5. The summed E-state index contributed by atoms with van der Waals surface area (Å²) >= 11 is 0. The van der Waals surface area contributed by atoms with E-state index in [0.717, 1.165) is 12.0 Å². The molecule has 15 atom stereocenters. The van der Waals surface area contributed by atoms with Crippen LogP contribution in [0.25, 0.3) is 0 Å². The highest BCUT2D eigenvalue weighted by Gasteiger charge is 2.53. The molecule has 14 nitrogen and oxygen atoms in total. The van der Waals surface area contributed by atoms with Gasteiger partial charge in [-0.2, -0.15) is 0 Å². The average molecular weight is 914 g/mol. The van der Waals surface area contributed by atoms with Crippen LogP contribution >= 0.6 is 0 Å². The van der Waals surface area contributed by atoms with Crippen LogP contribution in [-0.4, -0.2) is 132 Å². The van der Waals surface area contributed by atoms with Crippen LogP contribution in [0, 0.1) is 35.5 Å². The zero-order valence-corrected chi connectivity index (χ0v) is 40.6. The van der Waals surface area contributed by atoms with Crippen molar-refractivity contribution in [3.63, 3.8) is 0 Å². The van der Waals surface area contributed by atoms with Crippen LogP contribution in [0.1, 0.15) is 126 Å². The van der Waals surface area contributed by atoms with E-state index in [1.54, 1.807) is 41.1 Å². The number of esters is 1. The number of carbonyl (C=O) groups is 5. The lowest BCUT2D eigenvalue weighted by atomic mass is 9.78. The Kier molecular flexibility index (Phi) is 21.0. The van der Waals surface area contributed by atoms with Crippen molar-refractivity contribution in [3.8, 4) is 0 Å². The number of amides is 1. The maximum Gasteiger partial charge on any atom is 0.329 e. The second-order valence-electron chi connectivity index (χ2n) is 19.6. The Morgan fingerprint density at radius 1 is 0.862 bits per heavy atom. The first kappa shape index (κ1) is 54.2. The van der Waals surface area contributed by atoms with Crippen molar-refractivity contribution in [2.45, 2.75) is 180 Å². The van der Waals surface area contributed by atoms with E-state index in [0.29, 0.717) is 63.4 Å². The van der Waals surface area contributed by atoms with Gasteiger partial charge < -0.3 is 43.9 Å². The quantitative estimate of drug-likeness (QED) is 0.202. The largest absolute Gasteiger partial charge is 0.460 e. The summed E-state index contributed by atoms with van der Waals surface area (Å²) in [4.78, 5) is 71.7. The summed E-state index contributed by atoms with van der Waals surface area (Å²) < 4.78 is 29.4. The molecule has 7 unspecified atom stereocenters. The minimum atomic E-state index is -2.43. The third-order valence-electron chi connectivity index (χ3n) is 14.5. The smallest absolute Gasteiger partial charge is 0.329 e. The molecular formula is C51H79NO13. The summed E-state index contributed by atoms with van der Waals surface area (Å²) in [6, 6.07) is -1.14. The number of hydrogen-bond acceptors (Lipinski definition) is 13. The van der Waals surface area contributed by atoms with Crippen LogP contribution in [0.5, 0.6) is 0 Å². The molecule has 0 spiro atoms. The maximum absolute atomic E-state index is 14.4. The standard InChI is InChI=1S/C51H79NO13/c1-30-16-12-11-13-17-31(2)42(61-8)28-38-21-19-36(7)51(60,65-38)48(57)49(58)52-23-15-14-18-39(52)50(59)64-43(33(4)26-37-20-22-40(53)44(27-37)62-9)29-41(54)32(3)25-35(6)46(56)47(63-10)45(55)34(5)24-30/h11-13,16-17,25,30,33-40,42-44,46-47,53,56,60H,14-15,18-24,26-29H2,1-10H3/t30-,33-,34?,35?,36-,37?,38?,39?,40-,42+,43+,44?,46-,47?,51-/m1/s1. The number of carbonyl (C=O) groups excluding carboxylic acids is 5. The summed E-state index contributed by atoms with van der Waals surface area (Å²) in [5.74, 6) is -7.93. The fourth-order valence-corrected chi connectivity index (χ4v) is 10.1. The Hall–Kier alpha value is -3.37. The SMILES string of the molecule is COC1C(=O)C(C)C[C@H](C)C=CC=CC=C(C)[C@@H](OC)CC2CC[C@@H](C)[C@@](O)(O2)C(=O)C(=O)N2CCCCC2C(=O)O[C@H]([C@H](C)CC2CC[C@@H](O)C(OC)C2)CC(=O)C(C)=CC(C)[C@H]1O. The number of rotatable bonds is 6. The predicted molar refractivity (Wildman–Crippen MR) is 245 cm³/mol. The first-order valence-electron chi connectivity index (χ1n) is 23.9. The van der Waals surface area contributed by atoms with Gasteiger partial charge in [-0.25, -0.2) is 4.79 Å². The molecule has 1 aliphatic carbocycles. The number of aliphatic hydroxyl groups excluding tert-OH is 2. The number of cyclic esters (lactones) is 1. The van der Waals surface area contributed by atoms with Crippen LogP contribution in [0.3, 0.4) is 0 Å². The van der Waals surface area contributed by atoms with Gasteiger partial charge in [0.15, 0.2) is 11.6 Å². The van der Waals surface area contributed by atoms with E-state index in [2.05, 4.69) is 0 Å². The summed E-state index contributed by atoms with van der Waals surface area (Å²) in [6.45, 7) is 12.7. The number of hydrogen-bond donors (Lipinski definition) is 3. The molecule has 0 aromatic rings. The average Bonchev–Trinajstić information content (AvgIpc) is 3.28. The fourth-order valence-electron chi connectivity index (χ4n) is 10.1. The maximum atomic E-state index is 14.4. The normalized spacial score (nSPS) is 37.8. The summed E-state index contributed by atoms with van der Waals surface area (Å²) in [5.41, 5.74) is 1.19. The van der Waals surface area contributed by atoms with E-state index < -0.39 is 83.9 Å². The van der Waals surface area contributed by atoms with Crippen molar-refractivity contribution >= 4 is 29.2 Å². The monoisotopic (exact) mass is 914 g/mol. The Bertz CT molecular complexity index is 1760. The molecule has 0 aromatic carbocycles. The minimum Gasteiger partial charge on any atom is -0.460 e. The molecule has 3 heterocycles. The number of Topliss-reactive ketones (excluding diaryl/α,β-unsaturated/α-hetero) is 3. The van der Waals surface area contributed by atoms with Crippen LogP contribution in [0.15, 0.2) is 47.6 Å². The number of ketones is 3. The van der Waals surface area contributed by atoms with Gasteiger partial charge in [-0.1, -0.05) is 71.1 Å². The molecule has 0 aromatic heterocycles. The van der Waals surface area contributed by atoms with Gasteiger partial charge in [0.1, 0.15) is 18.2 Å². The van der Waals surface area contributed by atoms with Gasteiger partial charge in [0.2, 0.25) is 5.79 Å². The minimum absolute atomic E-state index is 0.0220. The highest BCUT2D eigenvalue weighted by atomic mass is 16.6. The van der Waals surface area contributed by atoms with Crippen molar-refractivity contribution < 1.29 is 63.0 Å². The molecule has 2 saturated heterocycles. The van der Waals surface area contributed by atoms with Crippen molar-refractivity contribution in [1.29, 1.82) is 0 Å². The Morgan fingerprint density at radius 2 is 1.58 bits per heavy atom. The van der Waals surface area contributed by atoms with Gasteiger partial charge in [0.05, 0.1) is 30.5 Å². The van der Waals surface area contributed by atoms with E-state index in [-0.39, 0.29) is 54.8 Å². The highest BCUT2D eigenvalue weighted by Crippen LogP contribution is 2.38. The van der Waals surface area contributed by atoms with Gasteiger partial charge in [-0.3, -0.25) is 19.2 Å². The molecule has 3 fully saturated rings. The Labute approximate surface area is 387 Å². The molecule has 1 amide bonds. The van der Waals surface area contributed by atoms with Gasteiger partial charge >= 0.3 is 5.97 Å². The topological polar surface area (TPSA) is 195 Å². The van der Waals surface area contributed by atoms with Crippen molar-refractivity contribution in [3.05, 3.63) is 47.6 Å². The van der Waals surface area contributed by atoms with E-state index in [1.807, 2.05) is 58.1 Å². The van der Waals surface area contributed by atoms with E-state index in [1.165, 1.54) is 12.0 Å². The molecule has 0 radical (unpaired) electrons. The first-order chi connectivity index (χ1) is 30.7. The number of allylic oxidation sites excluding steroid dienone is 6. The lowest BCUT2D eigenvalue weighted by Gasteiger charge is -2.42. The summed E-state index contributed by atoms with van der Waals surface area (Å²) in [6.07, 6.45) is 11.2. The van der Waals surface area contributed by atoms with Crippen molar-refractivity contribution in [1.82, 2.24) is 4.90 Å². The molecular weight excluding hydrogens is 835 g/mol. The fraction of sp³-hybridized carbons (Fsp3) is 0.745. The lowest BCUT2D eigenvalue weighted by molar-refractivity contribution is -0.265. The molecule has 366 valence electrons. The molecule has 65 heavy (non-hydrogen) atoms. The summed E-state index contributed by atoms with van der Waals surface area (Å²) in [5, 5.41) is 33.9. The number of nitrogens with zero attached hydrogens (tertiary/aromatic N) is 1. The number of ether oxygens (including phenoxy) is 5. The summed E-state index contributed by atoms with van der Waals surface area (Å²) in [7, 11) is 4.53. The second kappa shape index (κ2) is 25.1. The number of aliphatic hydroxyl groups is 3. The molecule has 3 N–H and O–H groups in total. The zero-order valence-electron chi connectivity index (χ0n) is 40.6.